The quantitative estimate of drug-likeness (QED) is 0.472. The number of carbonyl (C=O) groups excluding carboxylic acids is 1. The van der Waals surface area contributed by atoms with Crippen LogP contribution in [0.3, 0.4) is 0 Å². The predicted octanol–water partition coefficient (Wildman–Crippen LogP) is 5.19. The number of fused-ring (bicyclic) bond motifs is 4. The number of nitrogens with one attached hydrogen (secondary N) is 1. The molecule has 0 aromatic heterocycles. The second-order valence-corrected chi connectivity index (χ2v) is 8.57. The minimum atomic E-state index is -0.398. The van der Waals surface area contributed by atoms with Gasteiger partial charge in [-0.1, -0.05) is 91.0 Å². The van der Waals surface area contributed by atoms with E-state index in [4.69, 9.17) is 4.74 Å². The van der Waals surface area contributed by atoms with Crippen molar-refractivity contribution in [3.8, 4) is 5.75 Å². The fourth-order valence-corrected chi connectivity index (χ4v) is 4.84. The van der Waals surface area contributed by atoms with Gasteiger partial charge in [-0.2, -0.15) is 0 Å². The summed E-state index contributed by atoms with van der Waals surface area (Å²) in [5, 5.41) is 5.81. The molecule has 4 nitrogen and oxygen atoms in total. The van der Waals surface area contributed by atoms with Gasteiger partial charge in [-0.15, -0.1) is 0 Å². The zero-order chi connectivity index (χ0) is 22.2. The predicted molar refractivity (Wildman–Crippen MR) is 129 cm³/mol. The van der Waals surface area contributed by atoms with Gasteiger partial charge in [0.05, 0.1) is 0 Å². The van der Waals surface area contributed by atoms with E-state index in [1.807, 2.05) is 65.6 Å². The third-order valence-electron chi connectivity index (χ3n) is 6.49. The summed E-state index contributed by atoms with van der Waals surface area (Å²) in [5.41, 5.74) is 5.04. The maximum atomic E-state index is 13.6. The van der Waals surface area contributed by atoms with Gasteiger partial charge in [0.1, 0.15) is 11.4 Å². The summed E-state index contributed by atoms with van der Waals surface area (Å²) in [7, 11) is 0. The molecule has 0 spiro atoms. The molecular formula is C29H24N2O2. The van der Waals surface area contributed by atoms with Crippen molar-refractivity contribution in [1.82, 2.24) is 10.2 Å². The summed E-state index contributed by atoms with van der Waals surface area (Å²) in [6.07, 6.45) is 0.292. The highest BCUT2D eigenvalue weighted by atomic mass is 16.5. The minimum Gasteiger partial charge on any atom is -0.466 e. The Balaban J connectivity index is 1.40. The van der Waals surface area contributed by atoms with Crippen molar-refractivity contribution in [1.29, 1.82) is 0 Å². The Morgan fingerprint density at radius 3 is 2.30 bits per heavy atom. The lowest BCUT2D eigenvalue weighted by molar-refractivity contribution is -0.132. The third kappa shape index (κ3) is 3.54. The maximum absolute atomic E-state index is 13.6. The topological polar surface area (TPSA) is 41.6 Å². The van der Waals surface area contributed by atoms with Crippen molar-refractivity contribution >= 4 is 16.7 Å². The van der Waals surface area contributed by atoms with Crippen LogP contribution in [-0.2, 0) is 24.3 Å². The standard InChI is InChI=1S/C29H24N2O2/c32-28-27(30-18-20-9-3-1-4-10-20)25-17-24-23-14-8-7-13-22(23)15-16-26(24)33-29(25)31(28)19-21-11-5-2-6-12-21/h1-16,29-30H,17-19H2. The highest BCUT2D eigenvalue weighted by Crippen LogP contribution is 2.41. The molecule has 0 saturated carbocycles. The summed E-state index contributed by atoms with van der Waals surface area (Å²) >= 11 is 0. The molecule has 0 radical (unpaired) electrons. The van der Waals surface area contributed by atoms with E-state index in [0.717, 1.165) is 28.0 Å². The molecule has 0 bridgehead atoms. The Hall–Kier alpha value is -4.05. The lowest BCUT2D eigenvalue weighted by Gasteiger charge is -2.32. The summed E-state index contributed by atoms with van der Waals surface area (Å²) in [6.45, 7) is 1.10. The first kappa shape index (κ1) is 19.6. The van der Waals surface area contributed by atoms with E-state index in [2.05, 4.69) is 41.7 Å². The molecule has 1 atom stereocenters. The van der Waals surface area contributed by atoms with Gasteiger partial charge in [0, 0.05) is 30.6 Å². The molecule has 0 saturated heterocycles. The number of amides is 1. The molecule has 4 heteroatoms. The number of ether oxygens (including phenoxy) is 1. The van der Waals surface area contributed by atoms with E-state index in [1.54, 1.807) is 0 Å². The number of hydrogen-bond donors (Lipinski definition) is 1. The summed E-state index contributed by atoms with van der Waals surface area (Å²) in [5.74, 6) is 0.851. The van der Waals surface area contributed by atoms with Gasteiger partial charge >= 0.3 is 0 Å². The molecule has 1 unspecified atom stereocenters. The Morgan fingerprint density at radius 2 is 1.52 bits per heavy atom. The van der Waals surface area contributed by atoms with Crippen molar-refractivity contribution in [2.45, 2.75) is 25.7 Å². The Morgan fingerprint density at radius 1 is 0.818 bits per heavy atom. The van der Waals surface area contributed by atoms with Crippen LogP contribution in [0.1, 0.15) is 16.7 Å². The molecule has 2 heterocycles. The average molecular weight is 433 g/mol. The van der Waals surface area contributed by atoms with E-state index >= 15 is 0 Å². The number of nitrogens with zero attached hydrogens (tertiary/aromatic N) is 1. The zero-order valence-electron chi connectivity index (χ0n) is 18.2. The summed E-state index contributed by atoms with van der Waals surface area (Å²) in [4.78, 5) is 15.5. The molecule has 1 N–H and O–H groups in total. The van der Waals surface area contributed by atoms with Crippen LogP contribution in [0.15, 0.2) is 108 Å². The normalized spacial score (nSPS) is 17.0. The summed E-state index contributed by atoms with van der Waals surface area (Å²) < 4.78 is 6.51. The molecule has 6 rings (SSSR count). The van der Waals surface area contributed by atoms with Crippen molar-refractivity contribution in [3.63, 3.8) is 0 Å². The molecule has 33 heavy (non-hydrogen) atoms. The fourth-order valence-electron chi connectivity index (χ4n) is 4.84. The van der Waals surface area contributed by atoms with Crippen LogP contribution in [0, 0.1) is 0 Å². The van der Waals surface area contributed by atoms with Crippen LogP contribution >= 0.6 is 0 Å². The van der Waals surface area contributed by atoms with Crippen molar-refractivity contribution in [2.75, 3.05) is 0 Å². The second-order valence-electron chi connectivity index (χ2n) is 8.57. The maximum Gasteiger partial charge on any atom is 0.273 e. The molecule has 0 fully saturated rings. The van der Waals surface area contributed by atoms with Crippen LogP contribution in [0.5, 0.6) is 5.75 Å². The number of hydrogen-bond acceptors (Lipinski definition) is 3. The highest BCUT2D eigenvalue weighted by molar-refractivity contribution is 5.98. The molecule has 2 aliphatic heterocycles. The van der Waals surface area contributed by atoms with E-state index in [-0.39, 0.29) is 5.91 Å². The van der Waals surface area contributed by atoms with Crippen LogP contribution in [0.2, 0.25) is 0 Å². The number of benzene rings is 4. The molecular weight excluding hydrogens is 408 g/mol. The lowest BCUT2D eigenvalue weighted by atomic mass is 9.94. The monoisotopic (exact) mass is 432 g/mol. The lowest BCUT2D eigenvalue weighted by Crippen LogP contribution is -2.41. The number of rotatable bonds is 5. The van der Waals surface area contributed by atoms with Crippen molar-refractivity contribution in [3.05, 3.63) is 125 Å². The minimum absolute atomic E-state index is 0.00750. The molecule has 162 valence electrons. The van der Waals surface area contributed by atoms with E-state index < -0.39 is 6.23 Å². The van der Waals surface area contributed by atoms with Crippen LogP contribution in [0.25, 0.3) is 10.8 Å². The van der Waals surface area contributed by atoms with Gasteiger partial charge in [-0.05, 0) is 28.0 Å². The average Bonchev–Trinajstić information content (AvgIpc) is 3.12. The zero-order valence-corrected chi connectivity index (χ0v) is 18.2. The molecule has 1 amide bonds. The molecule has 4 aromatic carbocycles. The highest BCUT2D eigenvalue weighted by Gasteiger charge is 2.43. The Labute approximate surface area is 193 Å². The van der Waals surface area contributed by atoms with Crippen LogP contribution < -0.4 is 10.1 Å². The van der Waals surface area contributed by atoms with Gasteiger partial charge in [-0.25, -0.2) is 0 Å². The SMILES string of the molecule is O=C1C(NCc2ccccc2)=C2Cc3c(ccc4ccccc34)OC2N1Cc1ccccc1. The van der Waals surface area contributed by atoms with Gasteiger partial charge in [0.15, 0.2) is 6.23 Å². The smallest absolute Gasteiger partial charge is 0.273 e. The van der Waals surface area contributed by atoms with Gasteiger partial charge < -0.3 is 10.1 Å². The second kappa shape index (κ2) is 8.14. The fraction of sp³-hybridized carbons (Fsp3) is 0.138. The van der Waals surface area contributed by atoms with Gasteiger partial charge in [0.25, 0.3) is 5.91 Å². The molecule has 2 aliphatic rings. The van der Waals surface area contributed by atoms with Crippen LogP contribution in [-0.4, -0.2) is 17.0 Å². The molecule has 0 aliphatic carbocycles. The van der Waals surface area contributed by atoms with Gasteiger partial charge in [0.2, 0.25) is 0 Å². The van der Waals surface area contributed by atoms with E-state index in [9.17, 15) is 4.79 Å². The Bertz CT molecular complexity index is 1360. The van der Waals surface area contributed by atoms with Crippen LogP contribution in [0.4, 0.5) is 0 Å². The first-order valence-electron chi connectivity index (χ1n) is 11.3. The largest absolute Gasteiger partial charge is 0.466 e. The molecule has 4 aromatic rings. The number of carbonyl (C=O) groups is 1. The van der Waals surface area contributed by atoms with Crippen molar-refractivity contribution in [2.24, 2.45) is 0 Å². The first-order valence-corrected chi connectivity index (χ1v) is 11.3. The Kier molecular flexibility index (Phi) is 4.84. The summed E-state index contributed by atoms with van der Waals surface area (Å²) in [6, 6.07) is 32.7. The van der Waals surface area contributed by atoms with E-state index in [1.165, 1.54) is 10.8 Å². The first-order chi connectivity index (χ1) is 16.3. The third-order valence-corrected chi connectivity index (χ3v) is 6.49. The van der Waals surface area contributed by atoms with E-state index in [0.29, 0.717) is 25.2 Å². The van der Waals surface area contributed by atoms with Crippen molar-refractivity contribution < 1.29 is 9.53 Å². The van der Waals surface area contributed by atoms with Gasteiger partial charge in [-0.3, -0.25) is 9.69 Å².